The summed E-state index contributed by atoms with van der Waals surface area (Å²) < 4.78 is 5.55. The van der Waals surface area contributed by atoms with Crippen molar-refractivity contribution in [3.8, 4) is 5.75 Å². The molecule has 0 radical (unpaired) electrons. The summed E-state index contributed by atoms with van der Waals surface area (Å²) in [6.07, 6.45) is 0.608. The molecule has 1 rings (SSSR count). The Labute approximate surface area is 120 Å². The van der Waals surface area contributed by atoms with Gasteiger partial charge in [-0.15, -0.1) is 0 Å². The van der Waals surface area contributed by atoms with E-state index in [1.165, 1.54) is 0 Å². The van der Waals surface area contributed by atoms with Crippen molar-refractivity contribution >= 4 is 17.5 Å². The van der Waals surface area contributed by atoms with Crippen LogP contribution >= 0.6 is 11.8 Å². The molecule has 0 fully saturated rings. The molecule has 0 amide bonds. The number of hydrogen-bond acceptors (Lipinski definition) is 3. The van der Waals surface area contributed by atoms with Crippen LogP contribution in [-0.2, 0) is 0 Å². The van der Waals surface area contributed by atoms with E-state index in [9.17, 15) is 4.79 Å². The van der Waals surface area contributed by atoms with Crippen LogP contribution in [0.2, 0.25) is 0 Å². The smallest absolute Gasteiger partial charge is 0.163 e. The van der Waals surface area contributed by atoms with Crippen LogP contribution in [0.1, 0.15) is 48.7 Å². The SMILES string of the molecule is CCOc1cc(C)c(C(=O)CCSC(C)C)cc1C. The highest BCUT2D eigenvalue weighted by atomic mass is 32.2. The van der Waals surface area contributed by atoms with Crippen molar-refractivity contribution in [2.45, 2.75) is 46.3 Å². The Bertz CT molecular complexity index is 439. The van der Waals surface area contributed by atoms with Crippen molar-refractivity contribution in [2.75, 3.05) is 12.4 Å². The summed E-state index contributed by atoms with van der Waals surface area (Å²) in [6.45, 7) is 10.9. The maximum absolute atomic E-state index is 12.2. The first kappa shape index (κ1) is 16.1. The summed E-state index contributed by atoms with van der Waals surface area (Å²) in [5.74, 6) is 2.01. The molecule has 1 aromatic carbocycles. The molecule has 2 nitrogen and oxygen atoms in total. The molecule has 0 bridgehead atoms. The van der Waals surface area contributed by atoms with Crippen molar-refractivity contribution in [3.63, 3.8) is 0 Å². The Morgan fingerprint density at radius 1 is 1.26 bits per heavy atom. The molecule has 19 heavy (non-hydrogen) atoms. The summed E-state index contributed by atoms with van der Waals surface area (Å²) >= 11 is 1.83. The molecule has 0 aliphatic carbocycles. The Hall–Kier alpha value is -0.960. The minimum Gasteiger partial charge on any atom is -0.494 e. The molecule has 0 aromatic heterocycles. The lowest BCUT2D eigenvalue weighted by atomic mass is 10.00. The summed E-state index contributed by atoms with van der Waals surface area (Å²) in [5, 5.41) is 0.580. The lowest BCUT2D eigenvalue weighted by Gasteiger charge is -2.12. The topological polar surface area (TPSA) is 26.3 Å². The number of thioether (sulfide) groups is 1. The van der Waals surface area contributed by atoms with Gasteiger partial charge in [-0.05, 0) is 49.3 Å². The normalized spacial score (nSPS) is 10.8. The average molecular weight is 280 g/mol. The monoisotopic (exact) mass is 280 g/mol. The van der Waals surface area contributed by atoms with Gasteiger partial charge in [0.15, 0.2) is 5.78 Å². The average Bonchev–Trinajstić information content (AvgIpc) is 2.33. The summed E-state index contributed by atoms with van der Waals surface area (Å²) in [4.78, 5) is 12.2. The Kier molecular flexibility index (Phi) is 6.43. The van der Waals surface area contributed by atoms with Crippen LogP contribution in [0, 0.1) is 13.8 Å². The predicted molar refractivity (Wildman–Crippen MR) is 83.6 cm³/mol. The zero-order valence-corrected chi connectivity index (χ0v) is 13.4. The molecular formula is C16H24O2S. The number of ketones is 1. The fourth-order valence-electron chi connectivity index (χ4n) is 1.92. The van der Waals surface area contributed by atoms with Gasteiger partial charge >= 0.3 is 0 Å². The first-order chi connectivity index (χ1) is 8.95. The van der Waals surface area contributed by atoms with Gasteiger partial charge in [0.2, 0.25) is 0 Å². The van der Waals surface area contributed by atoms with Gasteiger partial charge in [-0.25, -0.2) is 0 Å². The highest BCUT2D eigenvalue weighted by Gasteiger charge is 2.12. The molecule has 0 saturated heterocycles. The van der Waals surface area contributed by atoms with E-state index in [1.54, 1.807) is 0 Å². The second-order valence-corrected chi connectivity index (χ2v) is 6.64. The summed E-state index contributed by atoms with van der Waals surface area (Å²) in [5.41, 5.74) is 2.88. The van der Waals surface area contributed by atoms with E-state index < -0.39 is 0 Å². The number of carbonyl (C=O) groups excluding carboxylic acids is 1. The lowest BCUT2D eigenvalue weighted by Crippen LogP contribution is -2.06. The van der Waals surface area contributed by atoms with Crippen molar-refractivity contribution < 1.29 is 9.53 Å². The summed E-state index contributed by atoms with van der Waals surface area (Å²) in [7, 11) is 0. The number of ether oxygens (including phenoxy) is 1. The van der Waals surface area contributed by atoms with Crippen molar-refractivity contribution in [3.05, 3.63) is 28.8 Å². The quantitative estimate of drug-likeness (QED) is 0.692. The lowest BCUT2D eigenvalue weighted by molar-refractivity contribution is 0.0989. The van der Waals surface area contributed by atoms with E-state index in [2.05, 4.69) is 13.8 Å². The first-order valence-corrected chi connectivity index (χ1v) is 7.89. The van der Waals surface area contributed by atoms with E-state index in [0.717, 1.165) is 28.2 Å². The van der Waals surface area contributed by atoms with Gasteiger partial charge in [0.1, 0.15) is 5.75 Å². The minimum atomic E-state index is 0.233. The molecule has 1 aromatic rings. The minimum absolute atomic E-state index is 0.233. The molecule has 0 N–H and O–H groups in total. The van der Waals surface area contributed by atoms with Crippen LogP contribution in [0.3, 0.4) is 0 Å². The molecule has 0 aliphatic rings. The van der Waals surface area contributed by atoms with Gasteiger partial charge in [-0.3, -0.25) is 4.79 Å². The highest BCUT2D eigenvalue weighted by molar-refractivity contribution is 7.99. The molecule has 106 valence electrons. The molecule has 0 atom stereocenters. The van der Waals surface area contributed by atoms with E-state index in [1.807, 2.05) is 44.7 Å². The number of carbonyl (C=O) groups is 1. The van der Waals surface area contributed by atoms with E-state index in [4.69, 9.17) is 4.74 Å². The molecule has 0 heterocycles. The fraction of sp³-hybridized carbons (Fsp3) is 0.562. The molecule has 0 aliphatic heterocycles. The Morgan fingerprint density at radius 3 is 2.53 bits per heavy atom. The van der Waals surface area contributed by atoms with Gasteiger partial charge in [-0.2, -0.15) is 11.8 Å². The third-order valence-electron chi connectivity index (χ3n) is 2.90. The van der Waals surface area contributed by atoms with Gasteiger partial charge in [0.05, 0.1) is 6.61 Å². The van der Waals surface area contributed by atoms with Gasteiger partial charge in [0.25, 0.3) is 0 Å². The van der Waals surface area contributed by atoms with Crippen molar-refractivity contribution in [1.29, 1.82) is 0 Å². The maximum Gasteiger partial charge on any atom is 0.163 e. The highest BCUT2D eigenvalue weighted by Crippen LogP contribution is 2.24. The Balaban J connectivity index is 2.77. The maximum atomic E-state index is 12.2. The van der Waals surface area contributed by atoms with Crippen molar-refractivity contribution in [2.24, 2.45) is 0 Å². The van der Waals surface area contributed by atoms with Crippen LogP contribution in [-0.4, -0.2) is 23.4 Å². The third-order valence-corrected chi connectivity index (χ3v) is 4.01. The molecule has 0 spiro atoms. The molecule has 0 unspecified atom stereocenters. The zero-order chi connectivity index (χ0) is 14.4. The van der Waals surface area contributed by atoms with Crippen molar-refractivity contribution in [1.82, 2.24) is 0 Å². The van der Waals surface area contributed by atoms with Crippen LogP contribution < -0.4 is 4.74 Å². The predicted octanol–water partition coefficient (Wildman–Crippen LogP) is 4.42. The second-order valence-electron chi connectivity index (χ2n) is 4.96. The summed E-state index contributed by atoms with van der Waals surface area (Å²) in [6, 6.07) is 3.93. The van der Waals surface area contributed by atoms with Crippen LogP contribution in [0.4, 0.5) is 0 Å². The number of rotatable bonds is 7. The number of benzene rings is 1. The molecule has 3 heteroatoms. The van der Waals surface area contributed by atoms with Gasteiger partial charge < -0.3 is 4.74 Å². The Morgan fingerprint density at radius 2 is 1.95 bits per heavy atom. The fourth-order valence-corrected chi connectivity index (χ4v) is 2.70. The number of Topliss-reactive ketones (excluding diaryl/α,β-unsaturated/α-hetero) is 1. The van der Waals surface area contributed by atoms with E-state index >= 15 is 0 Å². The molecular weight excluding hydrogens is 256 g/mol. The standard InChI is InChI=1S/C16H24O2S/c1-6-18-16-10-12(4)14(9-13(16)5)15(17)7-8-19-11(2)3/h9-11H,6-8H2,1-5H3. The third kappa shape index (κ3) is 4.90. The van der Waals surface area contributed by atoms with Crippen LogP contribution in [0.15, 0.2) is 12.1 Å². The first-order valence-electron chi connectivity index (χ1n) is 6.84. The van der Waals surface area contributed by atoms with E-state index in [0.29, 0.717) is 18.3 Å². The van der Waals surface area contributed by atoms with Crippen LogP contribution in [0.5, 0.6) is 5.75 Å². The van der Waals surface area contributed by atoms with Gasteiger partial charge in [-0.1, -0.05) is 13.8 Å². The largest absolute Gasteiger partial charge is 0.494 e. The zero-order valence-electron chi connectivity index (χ0n) is 12.6. The second kappa shape index (κ2) is 7.59. The van der Waals surface area contributed by atoms with E-state index in [-0.39, 0.29) is 5.78 Å². The van der Waals surface area contributed by atoms with Gasteiger partial charge in [0, 0.05) is 17.7 Å². The van der Waals surface area contributed by atoms with Crippen LogP contribution in [0.25, 0.3) is 0 Å². The number of hydrogen-bond donors (Lipinski definition) is 0. The molecule has 0 saturated carbocycles. The number of aryl methyl sites for hydroxylation is 2.